The van der Waals surface area contributed by atoms with Crippen molar-refractivity contribution in [3.8, 4) is 0 Å². The third-order valence-corrected chi connectivity index (χ3v) is 10.2. The molecule has 0 saturated carbocycles. The number of carbonyl (C=O) groups is 3. The van der Waals surface area contributed by atoms with Crippen LogP contribution in [0.25, 0.3) is 0 Å². The van der Waals surface area contributed by atoms with E-state index in [9.17, 15) is 14.4 Å². The van der Waals surface area contributed by atoms with Gasteiger partial charge in [0.05, 0.1) is 6.61 Å². The Hall–Kier alpha value is -1.32. The fourth-order valence-corrected chi connectivity index (χ4v) is 6.71. The number of ether oxygens (including phenoxy) is 2. The second kappa shape index (κ2) is 37.9. The summed E-state index contributed by atoms with van der Waals surface area (Å²) in [5.74, 6) is 0.174. The van der Waals surface area contributed by atoms with Crippen LogP contribution in [0.2, 0.25) is 0 Å². The number of nitrogens with one attached hydrogen (secondary N) is 1. The summed E-state index contributed by atoms with van der Waals surface area (Å²) < 4.78 is 11.3. The van der Waals surface area contributed by atoms with Gasteiger partial charge in [-0.1, -0.05) is 168 Å². The molecule has 49 heavy (non-hydrogen) atoms. The van der Waals surface area contributed by atoms with Crippen LogP contribution in [0.4, 0.5) is 0 Å². The molecule has 8 nitrogen and oxygen atoms in total. The summed E-state index contributed by atoms with van der Waals surface area (Å²) in [6.07, 6.45) is 32.9. The summed E-state index contributed by atoms with van der Waals surface area (Å²) in [5, 5.41) is 11.7. The quantitative estimate of drug-likeness (QED) is 0.0426. The molecule has 0 fully saturated rings. The number of aliphatic hydroxyl groups is 1. The molecule has 1 amide bonds. The number of unbranched alkanes of at least 4 members (excludes halogenated alkanes) is 24. The number of rotatable bonds is 38. The molecule has 0 bridgehead atoms. The number of hydrogen-bond acceptors (Lipinski definition) is 8. The van der Waals surface area contributed by atoms with Crippen LogP contribution in [-0.4, -0.2) is 66.4 Å². The van der Waals surface area contributed by atoms with Crippen LogP contribution in [0.5, 0.6) is 0 Å². The fourth-order valence-electron chi connectivity index (χ4n) is 5.87. The van der Waals surface area contributed by atoms with Crippen molar-refractivity contribution in [1.82, 2.24) is 5.32 Å². The molecule has 9 heteroatoms. The van der Waals surface area contributed by atoms with Crippen molar-refractivity contribution in [2.75, 3.05) is 31.3 Å². The fraction of sp³-hybridized carbons (Fsp3) is 0.925. The first kappa shape index (κ1) is 47.7. The molecule has 0 rings (SSSR count). The lowest BCUT2D eigenvalue weighted by Gasteiger charge is -2.18. The first-order valence-electron chi connectivity index (χ1n) is 20.5. The van der Waals surface area contributed by atoms with E-state index in [0.29, 0.717) is 30.9 Å². The predicted octanol–water partition coefficient (Wildman–Crippen LogP) is 9.57. The molecule has 0 aromatic carbocycles. The molecule has 2 atom stereocenters. The van der Waals surface area contributed by atoms with E-state index in [2.05, 4.69) is 19.2 Å². The molecule has 290 valence electrons. The van der Waals surface area contributed by atoms with Crippen molar-refractivity contribution in [2.45, 2.75) is 206 Å². The van der Waals surface area contributed by atoms with Gasteiger partial charge in [0.2, 0.25) is 5.91 Å². The van der Waals surface area contributed by atoms with Gasteiger partial charge in [-0.25, -0.2) is 0 Å². The van der Waals surface area contributed by atoms with E-state index in [0.717, 1.165) is 38.5 Å². The summed E-state index contributed by atoms with van der Waals surface area (Å²) in [6.45, 7) is 4.55. The van der Waals surface area contributed by atoms with E-state index < -0.39 is 24.7 Å². The molecule has 0 unspecified atom stereocenters. The average Bonchev–Trinajstić information content (AvgIpc) is 3.10. The minimum absolute atomic E-state index is 0.0520. The number of esters is 2. The summed E-state index contributed by atoms with van der Waals surface area (Å²) in [7, 11) is 0. The lowest BCUT2D eigenvalue weighted by Crippen LogP contribution is -2.43. The SMILES string of the molecule is CCCCCCCCCCCCCCCC(=O)OC[C@@H](CSCCNC(=O)[C@H](N)CO)OC(=O)CCCCCCCCCCCCCCC. The van der Waals surface area contributed by atoms with Crippen LogP contribution in [0, 0.1) is 0 Å². The molecule has 0 spiro atoms. The van der Waals surface area contributed by atoms with E-state index in [1.807, 2.05) is 0 Å². The molecule has 0 aromatic rings. The van der Waals surface area contributed by atoms with Gasteiger partial charge in [-0.05, 0) is 12.8 Å². The third-order valence-electron chi connectivity index (χ3n) is 9.08. The number of carbonyl (C=O) groups excluding carboxylic acids is 3. The van der Waals surface area contributed by atoms with Gasteiger partial charge in [-0.3, -0.25) is 14.4 Å². The highest BCUT2D eigenvalue weighted by Crippen LogP contribution is 2.16. The van der Waals surface area contributed by atoms with E-state index >= 15 is 0 Å². The van der Waals surface area contributed by atoms with Crippen molar-refractivity contribution in [1.29, 1.82) is 0 Å². The average molecular weight is 715 g/mol. The van der Waals surface area contributed by atoms with Gasteiger partial charge in [0.1, 0.15) is 18.8 Å². The number of hydrogen-bond donors (Lipinski definition) is 3. The number of nitrogens with two attached hydrogens (primary N) is 1. The predicted molar refractivity (Wildman–Crippen MR) is 207 cm³/mol. The lowest BCUT2D eigenvalue weighted by atomic mass is 10.0. The van der Waals surface area contributed by atoms with Crippen molar-refractivity contribution < 1.29 is 29.0 Å². The van der Waals surface area contributed by atoms with Gasteiger partial charge in [-0.15, -0.1) is 0 Å². The van der Waals surface area contributed by atoms with Crippen LogP contribution < -0.4 is 11.1 Å². The Bertz CT molecular complexity index is 756. The highest BCUT2D eigenvalue weighted by Gasteiger charge is 2.18. The van der Waals surface area contributed by atoms with Crippen LogP contribution in [0.1, 0.15) is 194 Å². The van der Waals surface area contributed by atoms with Crippen molar-refractivity contribution in [2.24, 2.45) is 5.73 Å². The van der Waals surface area contributed by atoms with E-state index in [4.69, 9.17) is 20.3 Å². The summed E-state index contributed by atoms with van der Waals surface area (Å²) >= 11 is 1.52. The van der Waals surface area contributed by atoms with Crippen LogP contribution in [-0.2, 0) is 23.9 Å². The molecular weight excluding hydrogens is 637 g/mol. The maximum absolute atomic E-state index is 12.6. The zero-order chi connectivity index (χ0) is 36.0. The molecule has 0 radical (unpaired) electrons. The molecule has 4 N–H and O–H groups in total. The number of amides is 1. The minimum Gasteiger partial charge on any atom is -0.462 e. The van der Waals surface area contributed by atoms with Crippen LogP contribution in [0.15, 0.2) is 0 Å². The molecule has 0 heterocycles. The van der Waals surface area contributed by atoms with Gasteiger partial charge in [0, 0.05) is 30.9 Å². The summed E-state index contributed by atoms with van der Waals surface area (Å²) in [4.78, 5) is 36.8. The minimum atomic E-state index is -0.932. The largest absolute Gasteiger partial charge is 0.462 e. The van der Waals surface area contributed by atoms with Gasteiger partial charge < -0.3 is 25.6 Å². The first-order chi connectivity index (χ1) is 23.9. The molecule has 0 saturated heterocycles. The third kappa shape index (κ3) is 34.9. The Morgan fingerprint density at radius 3 is 1.41 bits per heavy atom. The summed E-state index contributed by atoms with van der Waals surface area (Å²) in [5.41, 5.74) is 5.53. The molecule has 0 aliphatic heterocycles. The standard InChI is InChI=1S/C40H78N2O6S/c1-3-5-7-9-11-13-15-17-19-21-23-25-27-29-38(44)47-34-36(35-49-32-31-42-40(46)37(41)33-43)48-39(45)30-28-26-24-22-20-18-16-14-12-10-8-6-4-2/h36-37,43H,3-35,41H2,1-2H3,(H,42,46)/t36-,37+/m0/s1. The van der Waals surface area contributed by atoms with Gasteiger partial charge in [-0.2, -0.15) is 11.8 Å². The van der Waals surface area contributed by atoms with E-state index in [-0.39, 0.29) is 18.5 Å². The zero-order valence-electron chi connectivity index (χ0n) is 32.0. The maximum Gasteiger partial charge on any atom is 0.306 e. The molecule has 0 aliphatic rings. The normalized spacial score (nSPS) is 12.5. The number of thioether (sulfide) groups is 1. The highest BCUT2D eigenvalue weighted by atomic mass is 32.2. The Morgan fingerprint density at radius 1 is 0.612 bits per heavy atom. The Balaban J connectivity index is 4.20. The molecule has 0 aromatic heterocycles. The lowest BCUT2D eigenvalue weighted by molar-refractivity contribution is -0.157. The monoisotopic (exact) mass is 715 g/mol. The highest BCUT2D eigenvalue weighted by molar-refractivity contribution is 7.99. The Morgan fingerprint density at radius 2 is 1.00 bits per heavy atom. The second-order valence-electron chi connectivity index (χ2n) is 13.9. The molecular formula is C40H78N2O6S. The smallest absolute Gasteiger partial charge is 0.306 e. The van der Waals surface area contributed by atoms with Crippen molar-refractivity contribution in [3.63, 3.8) is 0 Å². The van der Waals surface area contributed by atoms with Gasteiger partial charge >= 0.3 is 11.9 Å². The summed E-state index contributed by atoms with van der Waals surface area (Å²) in [6, 6.07) is -0.932. The van der Waals surface area contributed by atoms with Crippen LogP contribution >= 0.6 is 11.8 Å². The Labute approximate surface area is 305 Å². The zero-order valence-corrected chi connectivity index (χ0v) is 32.8. The molecule has 0 aliphatic carbocycles. The number of aliphatic hydroxyl groups excluding tert-OH is 1. The second-order valence-corrected chi connectivity index (χ2v) is 15.1. The maximum atomic E-state index is 12.6. The topological polar surface area (TPSA) is 128 Å². The van der Waals surface area contributed by atoms with E-state index in [1.165, 1.54) is 140 Å². The van der Waals surface area contributed by atoms with Gasteiger partial charge in [0.25, 0.3) is 0 Å². The Kier molecular flexibility index (Phi) is 36.9. The van der Waals surface area contributed by atoms with Crippen LogP contribution in [0.3, 0.4) is 0 Å². The van der Waals surface area contributed by atoms with Crippen molar-refractivity contribution in [3.05, 3.63) is 0 Å². The first-order valence-corrected chi connectivity index (χ1v) is 21.7. The van der Waals surface area contributed by atoms with Gasteiger partial charge in [0.15, 0.2) is 0 Å². The van der Waals surface area contributed by atoms with Crippen molar-refractivity contribution >= 4 is 29.6 Å². The van der Waals surface area contributed by atoms with E-state index in [1.54, 1.807) is 0 Å².